The van der Waals surface area contributed by atoms with E-state index >= 15 is 0 Å². The third kappa shape index (κ3) is 1.43. The Morgan fingerprint density at radius 3 is 2.65 bits per heavy atom. The summed E-state index contributed by atoms with van der Waals surface area (Å²) < 4.78 is 6.03. The zero-order chi connectivity index (χ0) is 11.8. The second-order valence-corrected chi connectivity index (χ2v) is 4.68. The highest BCUT2D eigenvalue weighted by atomic mass is 32.1. The van der Waals surface area contributed by atoms with Crippen LogP contribution in [-0.2, 0) is 4.74 Å². The van der Waals surface area contributed by atoms with E-state index < -0.39 is 0 Å². The molecule has 0 spiro atoms. The van der Waals surface area contributed by atoms with Gasteiger partial charge in [0.05, 0.1) is 12.7 Å². The molecule has 2 aliphatic rings. The number of ether oxygens (including phenoxy) is 1. The molecule has 0 radical (unpaired) electrons. The molecule has 2 aliphatic carbocycles. The summed E-state index contributed by atoms with van der Waals surface area (Å²) in [5.74, 6) is -0.269. The number of methoxy groups -OCH3 is 1. The van der Waals surface area contributed by atoms with Crippen LogP contribution < -0.4 is 0 Å². The average molecular weight is 242 g/mol. The number of thiophene rings is 1. The van der Waals surface area contributed by atoms with E-state index in [1.54, 1.807) is 11.3 Å². The molecular weight excluding hydrogens is 232 g/mol. The first-order valence-electron chi connectivity index (χ1n) is 5.29. The Kier molecular flexibility index (Phi) is 2.34. The van der Waals surface area contributed by atoms with Crippen molar-refractivity contribution in [2.75, 3.05) is 7.11 Å². The first kappa shape index (κ1) is 10.3. The molecule has 0 saturated carbocycles. The summed E-state index contributed by atoms with van der Waals surface area (Å²) in [4.78, 5) is 11.9. The molecule has 0 bridgehead atoms. The summed E-state index contributed by atoms with van der Waals surface area (Å²) in [5.41, 5.74) is 2.75. The Labute approximate surface area is 103 Å². The van der Waals surface area contributed by atoms with Crippen LogP contribution >= 0.6 is 11.3 Å². The maximum absolute atomic E-state index is 11.9. The number of carbonyl (C=O) groups excluding carboxylic acids is 1. The van der Waals surface area contributed by atoms with Crippen LogP contribution in [0.5, 0.6) is 0 Å². The van der Waals surface area contributed by atoms with Gasteiger partial charge in [-0.15, -0.1) is 11.3 Å². The van der Waals surface area contributed by atoms with Crippen LogP contribution in [-0.4, -0.2) is 13.1 Å². The van der Waals surface area contributed by atoms with Gasteiger partial charge in [-0.05, 0) is 17.0 Å². The molecule has 3 rings (SSSR count). The Hall–Kier alpha value is -1.87. The van der Waals surface area contributed by atoms with Crippen molar-refractivity contribution in [1.82, 2.24) is 0 Å². The molecule has 0 atom stereocenters. The Morgan fingerprint density at radius 2 is 1.88 bits per heavy atom. The lowest BCUT2D eigenvalue weighted by molar-refractivity contribution is 0.0604. The lowest BCUT2D eigenvalue weighted by Gasteiger charge is -1.99. The van der Waals surface area contributed by atoms with E-state index in [1.807, 2.05) is 41.8 Å². The van der Waals surface area contributed by atoms with Gasteiger partial charge in [0.2, 0.25) is 0 Å². The molecule has 0 amide bonds. The lowest BCUT2D eigenvalue weighted by atomic mass is 10.1. The van der Waals surface area contributed by atoms with Crippen LogP contribution in [0.3, 0.4) is 0 Å². The average Bonchev–Trinajstić information content (AvgIpc) is 2.82. The van der Waals surface area contributed by atoms with Gasteiger partial charge in [-0.3, -0.25) is 0 Å². The van der Waals surface area contributed by atoms with Crippen molar-refractivity contribution in [3.05, 3.63) is 47.3 Å². The van der Waals surface area contributed by atoms with Crippen molar-refractivity contribution in [2.45, 2.75) is 0 Å². The van der Waals surface area contributed by atoms with Gasteiger partial charge in [-0.2, -0.15) is 0 Å². The summed E-state index contributed by atoms with van der Waals surface area (Å²) in [6, 6.07) is 11.9. The van der Waals surface area contributed by atoms with Gasteiger partial charge in [0.1, 0.15) is 0 Å². The molecule has 3 heteroatoms. The molecular formula is C14H10O2S. The van der Waals surface area contributed by atoms with Crippen LogP contribution in [0.4, 0.5) is 0 Å². The molecule has 1 heterocycles. The molecule has 0 unspecified atom stereocenters. The van der Waals surface area contributed by atoms with Crippen LogP contribution in [0.25, 0.3) is 21.2 Å². The van der Waals surface area contributed by atoms with Gasteiger partial charge < -0.3 is 4.74 Å². The number of esters is 1. The monoisotopic (exact) mass is 242 g/mol. The Morgan fingerprint density at radius 1 is 1.12 bits per heavy atom. The van der Waals surface area contributed by atoms with Crippen molar-refractivity contribution in [3.8, 4) is 11.1 Å². The summed E-state index contributed by atoms with van der Waals surface area (Å²) in [6.07, 6.45) is 0. The zero-order valence-corrected chi connectivity index (χ0v) is 10.1. The fourth-order valence-corrected chi connectivity index (χ4v) is 3.09. The normalized spacial score (nSPS) is 10.9. The molecule has 0 N–H and O–H groups in total. The van der Waals surface area contributed by atoms with Crippen molar-refractivity contribution in [3.63, 3.8) is 0 Å². The highest BCUT2D eigenvalue weighted by Gasteiger charge is 2.22. The van der Waals surface area contributed by atoms with Gasteiger partial charge in [0.25, 0.3) is 0 Å². The number of hydrogen-bond acceptors (Lipinski definition) is 3. The summed E-state index contributed by atoms with van der Waals surface area (Å²) in [6.45, 7) is 0. The maximum Gasteiger partial charge on any atom is 0.339 e. The number of fused-ring (bicyclic) bond motifs is 3. The number of carbonyl (C=O) groups is 1. The minimum atomic E-state index is -0.269. The van der Waals surface area contributed by atoms with Gasteiger partial charge in [0.15, 0.2) is 0 Å². The van der Waals surface area contributed by atoms with Crippen molar-refractivity contribution in [2.24, 2.45) is 0 Å². The molecule has 17 heavy (non-hydrogen) atoms. The zero-order valence-electron chi connectivity index (χ0n) is 9.27. The van der Waals surface area contributed by atoms with E-state index in [0.717, 1.165) is 21.2 Å². The van der Waals surface area contributed by atoms with E-state index in [4.69, 9.17) is 4.74 Å². The molecule has 0 aromatic carbocycles. The van der Waals surface area contributed by atoms with Gasteiger partial charge >= 0.3 is 5.97 Å². The van der Waals surface area contributed by atoms with Crippen LogP contribution in [0.1, 0.15) is 10.4 Å². The predicted molar refractivity (Wildman–Crippen MR) is 69.8 cm³/mol. The van der Waals surface area contributed by atoms with Crippen molar-refractivity contribution in [1.29, 1.82) is 0 Å². The van der Waals surface area contributed by atoms with Gasteiger partial charge in [-0.25, -0.2) is 4.79 Å². The Balaban J connectivity index is 2.46. The SMILES string of the molecule is COC(=O)c1c2cccccc-2c2sccc12. The topological polar surface area (TPSA) is 26.3 Å². The number of rotatable bonds is 1. The van der Waals surface area contributed by atoms with E-state index in [2.05, 4.69) is 0 Å². The fourth-order valence-electron chi connectivity index (χ4n) is 2.15. The summed E-state index contributed by atoms with van der Waals surface area (Å²) in [7, 11) is 1.42. The van der Waals surface area contributed by atoms with Crippen LogP contribution in [0, 0.1) is 0 Å². The molecule has 0 aliphatic heterocycles. The van der Waals surface area contributed by atoms with Gasteiger partial charge in [-0.1, -0.05) is 30.3 Å². The predicted octanol–water partition coefficient (Wildman–Crippen LogP) is 3.79. The second-order valence-electron chi connectivity index (χ2n) is 3.77. The third-order valence-electron chi connectivity index (χ3n) is 2.88. The smallest absolute Gasteiger partial charge is 0.339 e. The first-order chi connectivity index (χ1) is 8.33. The minimum Gasteiger partial charge on any atom is -0.465 e. The van der Waals surface area contributed by atoms with E-state index in [1.165, 1.54) is 7.11 Å². The molecule has 1 aromatic heterocycles. The van der Waals surface area contributed by atoms with Crippen molar-refractivity contribution < 1.29 is 9.53 Å². The largest absolute Gasteiger partial charge is 0.465 e. The van der Waals surface area contributed by atoms with Crippen LogP contribution in [0.15, 0.2) is 41.8 Å². The molecule has 0 fully saturated rings. The highest BCUT2D eigenvalue weighted by molar-refractivity contribution is 7.18. The van der Waals surface area contributed by atoms with Crippen LogP contribution in [0.2, 0.25) is 0 Å². The minimum absolute atomic E-state index is 0.269. The quantitative estimate of drug-likeness (QED) is 0.607. The fraction of sp³-hybridized carbons (Fsp3) is 0.0714. The lowest BCUT2D eigenvalue weighted by Crippen LogP contribution is -2.00. The van der Waals surface area contributed by atoms with E-state index in [9.17, 15) is 4.79 Å². The summed E-state index contributed by atoms with van der Waals surface area (Å²) in [5, 5.41) is 2.99. The molecule has 2 nitrogen and oxygen atoms in total. The Bertz CT molecular complexity index is 669. The maximum atomic E-state index is 11.9. The van der Waals surface area contributed by atoms with E-state index in [-0.39, 0.29) is 5.97 Å². The molecule has 84 valence electrons. The van der Waals surface area contributed by atoms with E-state index in [0.29, 0.717) is 5.56 Å². The number of hydrogen-bond donors (Lipinski definition) is 0. The first-order valence-corrected chi connectivity index (χ1v) is 6.17. The second kappa shape index (κ2) is 3.86. The van der Waals surface area contributed by atoms with Crippen molar-refractivity contribution >= 4 is 27.4 Å². The highest BCUT2D eigenvalue weighted by Crippen LogP contribution is 2.41. The third-order valence-corrected chi connectivity index (χ3v) is 3.82. The molecule has 0 saturated heterocycles. The summed E-state index contributed by atoms with van der Waals surface area (Å²) >= 11 is 1.65. The van der Waals surface area contributed by atoms with Gasteiger partial charge in [0, 0.05) is 15.6 Å². The molecule has 1 aromatic rings. The standard InChI is InChI=1S/C14H10O2S/c1-16-14(15)12-9-5-3-2-4-6-10(9)13-11(12)7-8-17-13/h2-8H,1H3.